The summed E-state index contributed by atoms with van der Waals surface area (Å²) in [6.45, 7) is 8.42. The Hall–Kier alpha value is -1.79. The van der Waals surface area contributed by atoms with Crippen LogP contribution in [0.5, 0.6) is 0 Å². The Kier molecular flexibility index (Phi) is 5.04. The number of hydrogen-bond acceptors (Lipinski definition) is 5. The first-order valence-electron chi connectivity index (χ1n) is 9.57. The largest absolute Gasteiger partial charge is 0.315 e. The van der Waals surface area contributed by atoms with Gasteiger partial charge in [0, 0.05) is 11.4 Å². The number of nitrogens with zero attached hydrogens (tertiary/aromatic N) is 2. The number of rotatable bonds is 3. The molecule has 1 fully saturated rings. The summed E-state index contributed by atoms with van der Waals surface area (Å²) in [6, 6.07) is 12.6. The third kappa shape index (κ3) is 3.72. The fourth-order valence-electron chi connectivity index (χ4n) is 4.03. The van der Waals surface area contributed by atoms with Gasteiger partial charge in [0.1, 0.15) is 0 Å². The zero-order valence-corrected chi connectivity index (χ0v) is 18.4. The minimum Gasteiger partial charge on any atom is -0.315 e. The lowest BCUT2D eigenvalue weighted by Gasteiger charge is -2.28. The number of aliphatic imine (C=N–C) groups is 1. The maximum Gasteiger partial charge on any atom is 0.164 e. The van der Waals surface area contributed by atoms with Crippen molar-refractivity contribution in [2.24, 2.45) is 4.99 Å². The van der Waals surface area contributed by atoms with Crippen LogP contribution in [0, 0.1) is 27.7 Å². The van der Waals surface area contributed by atoms with Gasteiger partial charge in [0.15, 0.2) is 15.0 Å². The third-order valence-corrected chi connectivity index (χ3v) is 8.40. The quantitative estimate of drug-likeness (QED) is 0.755. The zero-order chi connectivity index (χ0) is 20.1. The normalized spacial score (nSPS) is 23.0. The maximum absolute atomic E-state index is 12.2. The lowest BCUT2D eigenvalue weighted by molar-refractivity contribution is 0.601. The lowest BCUT2D eigenvalue weighted by Crippen LogP contribution is -2.39. The molecule has 148 valence electrons. The number of amidine groups is 1. The van der Waals surface area contributed by atoms with E-state index in [0.717, 1.165) is 22.2 Å². The summed E-state index contributed by atoms with van der Waals surface area (Å²) in [5, 5.41) is 0.940. The smallest absolute Gasteiger partial charge is 0.164 e. The average molecular weight is 415 g/mol. The number of fused-ring (bicyclic) bond motifs is 1. The number of benzene rings is 2. The fourth-order valence-corrected chi connectivity index (χ4v) is 6.93. The van der Waals surface area contributed by atoms with E-state index < -0.39 is 9.84 Å². The van der Waals surface area contributed by atoms with Gasteiger partial charge in [-0.25, -0.2) is 8.42 Å². The molecule has 0 bridgehead atoms. The van der Waals surface area contributed by atoms with Gasteiger partial charge in [-0.15, -0.1) is 0 Å². The molecule has 0 saturated carbocycles. The molecule has 0 aromatic heterocycles. The Morgan fingerprint density at radius 2 is 1.79 bits per heavy atom. The molecule has 2 aliphatic heterocycles. The third-order valence-electron chi connectivity index (χ3n) is 5.66. The van der Waals surface area contributed by atoms with E-state index in [-0.39, 0.29) is 23.6 Å². The first kappa shape index (κ1) is 19.5. The SMILES string of the molecule is Cc1ccc(N2C(SCc3ccc(C)c(C)c3)=N[C@@H]3CS(=O)(=O)C[C@@H]32)c(C)c1. The molecule has 28 heavy (non-hydrogen) atoms. The van der Waals surface area contributed by atoms with Crippen molar-refractivity contribution in [3.05, 3.63) is 64.2 Å². The molecule has 4 rings (SSSR count). The van der Waals surface area contributed by atoms with Crippen molar-refractivity contribution in [3.8, 4) is 0 Å². The van der Waals surface area contributed by atoms with E-state index in [2.05, 4.69) is 69.0 Å². The van der Waals surface area contributed by atoms with Gasteiger partial charge in [0.05, 0.1) is 23.6 Å². The summed E-state index contributed by atoms with van der Waals surface area (Å²) < 4.78 is 24.4. The van der Waals surface area contributed by atoms with E-state index in [1.807, 2.05) is 0 Å². The molecular formula is C22H26N2O2S2. The summed E-state index contributed by atoms with van der Waals surface area (Å²) in [5.41, 5.74) is 7.29. The highest BCUT2D eigenvalue weighted by Crippen LogP contribution is 2.37. The van der Waals surface area contributed by atoms with Gasteiger partial charge in [-0.2, -0.15) is 0 Å². The van der Waals surface area contributed by atoms with Crippen LogP contribution in [0.4, 0.5) is 5.69 Å². The Bertz CT molecular complexity index is 1060. The molecule has 2 atom stereocenters. The molecular weight excluding hydrogens is 388 g/mol. The lowest BCUT2D eigenvalue weighted by atomic mass is 10.1. The van der Waals surface area contributed by atoms with E-state index in [1.54, 1.807) is 11.8 Å². The van der Waals surface area contributed by atoms with Crippen molar-refractivity contribution >= 4 is 32.5 Å². The van der Waals surface area contributed by atoms with Crippen LogP contribution in [0.1, 0.15) is 27.8 Å². The molecule has 2 aromatic rings. The number of thioether (sulfide) groups is 1. The summed E-state index contributed by atoms with van der Waals surface area (Å²) in [6.07, 6.45) is 0. The standard InChI is InChI=1S/C22H26N2O2S2/c1-14-5-8-20(17(4)9-14)24-21-13-28(25,26)12-19(21)23-22(24)27-11-18-7-6-15(2)16(3)10-18/h5-10,19,21H,11-13H2,1-4H3/t19-,21+/m1/s1. The van der Waals surface area contributed by atoms with E-state index in [0.29, 0.717) is 0 Å². The topological polar surface area (TPSA) is 49.7 Å². The van der Waals surface area contributed by atoms with E-state index >= 15 is 0 Å². The first-order valence-corrected chi connectivity index (χ1v) is 12.4. The minimum atomic E-state index is -3.03. The molecule has 6 heteroatoms. The van der Waals surface area contributed by atoms with Crippen LogP contribution in [0.2, 0.25) is 0 Å². The highest BCUT2D eigenvalue weighted by Gasteiger charge is 2.47. The van der Waals surface area contributed by atoms with Crippen LogP contribution in [0.3, 0.4) is 0 Å². The van der Waals surface area contributed by atoms with Gasteiger partial charge in [0.25, 0.3) is 0 Å². The molecule has 4 nitrogen and oxygen atoms in total. The molecule has 0 aliphatic carbocycles. The summed E-state index contributed by atoms with van der Waals surface area (Å²) in [7, 11) is -3.03. The van der Waals surface area contributed by atoms with Gasteiger partial charge in [-0.05, 0) is 56.0 Å². The second-order valence-electron chi connectivity index (χ2n) is 7.99. The van der Waals surface area contributed by atoms with Gasteiger partial charge in [-0.3, -0.25) is 4.99 Å². The highest BCUT2D eigenvalue weighted by molar-refractivity contribution is 8.13. The van der Waals surface area contributed by atoms with Crippen LogP contribution in [0.15, 0.2) is 41.4 Å². The van der Waals surface area contributed by atoms with Crippen LogP contribution >= 0.6 is 11.8 Å². The average Bonchev–Trinajstić information content (AvgIpc) is 3.08. The second-order valence-corrected chi connectivity index (χ2v) is 11.1. The zero-order valence-electron chi connectivity index (χ0n) is 16.8. The molecule has 0 unspecified atom stereocenters. The molecule has 2 heterocycles. The number of hydrogen-bond donors (Lipinski definition) is 0. The van der Waals surface area contributed by atoms with Crippen molar-refractivity contribution in [3.63, 3.8) is 0 Å². The molecule has 0 N–H and O–H groups in total. The molecule has 0 radical (unpaired) electrons. The van der Waals surface area contributed by atoms with Gasteiger partial charge in [-0.1, -0.05) is 47.7 Å². The fraction of sp³-hybridized carbons (Fsp3) is 0.409. The highest BCUT2D eigenvalue weighted by atomic mass is 32.2. The number of aryl methyl sites for hydroxylation is 4. The van der Waals surface area contributed by atoms with Gasteiger partial charge in [0.2, 0.25) is 0 Å². The summed E-state index contributed by atoms with van der Waals surface area (Å²) in [4.78, 5) is 7.02. The van der Waals surface area contributed by atoms with Crippen molar-refractivity contribution in [1.29, 1.82) is 0 Å². The minimum absolute atomic E-state index is 0.0892. The Morgan fingerprint density at radius 3 is 2.50 bits per heavy atom. The Balaban J connectivity index is 1.64. The second kappa shape index (κ2) is 7.23. The molecule has 0 spiro atoms. The van der Waals surface area contributed by atoms with Crippen LogP contribution < -0.4 is 4.90 Å². The van der Waals surface area contributed by atoms with Crippen LogP contribution in [-0.4, -0.2) is 37.2 Å². The monoisotopic (exact) mass is 414 g/mol. The van der Waals surface area contributed by atoms with Crippen LogP contribution in [-0.2, 0) is 15.6 Å². The van der Waals surface area contributed by atoms with E-state index in [9.17, 15) is 8.42 Å². The number of anilines is 1. The first-order chi connectivity index (χ1) is 13.2. The van der Waals surface area contributed by atoms with Gasteiger partial charge >= 0.3 is 0 Å². The van der Waals surface area contributed by atoms with E-state index in [4.69, 9.17) is 4.99 Å². The predicted molar refractivity (Wildman–Crippen MR) is 119 cm³/mol. The molecule has 1 saturated heterocycles. The van der Waals surface area contributed by atoms with Crippen molar-refractivity contribution in [2.45, 2.75) is 45.5 Å². The van der Waals surface area contributed by atoms with E-state index in [1.165, 1.54) is 22.3 Å². The Labute approximate surface area is 172 Å². The summed E-state index contributed by atoms with van der Waals surface area (Å²) in [5.74, 6) is 1.17. The molecule has 2 aromatic carbocycles. The number of sulfone groups is 1. The summed E-state index contributed by atoms with van der Waals surface area (Å²) >= 11 is 1.71. The molecule has 0 amide bonds. The maximum atomic E-state index is 12.2. The Morgan fingerprint density at radius 1 is 1.00 bits per heavy atom. The molecule has 2 aliphatic rings. The van der Waals surface area contributed by atoms with Crippen molar-refractivity contribution < 1.29 is 8.42 Å². The van der Waals surface area contributed by atoms with Crippen molar-refractivity contribution in [1.82, 2.24) is 0 Å². The van der Waals surface area contributed by atoms with Crippen molar-refractivity contribution in [2.75, 3.05) is 16.4 Å². The van der Waals surface area contributed by atoms with Crippen LogP contribution in [0.25, 0.3) is 0 Å². The predicted octanol–water partition coefficient (Wildman–Crippen LogP) is 4.20. The van der Waals surface area contributed by atoms with Gasteiger partial charge < -0.3 is 4.90 Å².